The molecule has 1 aromatic heterocycles. The molecule has 0 bridgehead atoms. The molecule has 0 aliphatic heterocycles. The van der Waals surface area contributed by atoms with Gasteiger partial charge in [0, 0.05) is 16.5 Å². The van der Waals surface area contributed by atoms with E-state index in [0.29, 0.717) is 6.61 Å². The van der Waals surface area contributed by atoms with Crippen molar-refractivity contribution in [2.24, 2.45) is 0 Å². The lowest BCUT2D eigenvalue weighted by molar-refractivity contribution is 0.306. The zero-order valence-electron chi connectivity index (χ0n) is 16.5. The van der Waals surface area contributed by atoms with Crippen LogP contribution in [-0.2, 0) is 13.0 Å². The number of aromatic nitrogens is 1. The summed E-state index contributed by atoms with van der Waals surface area (Å²) in [5.74, 6) is 0.907. The zero-order chi connectivity index (χ0) is 19.6. The Morgan fingerprint density at radius 1 is 0.655 bits per heavy atom. The highest BCUT2D eigenvalue weighted by molar-refractivity contribution is 6.09. The first-order valence-electron chi connectivity index (χ1n) is 10.1. The minimum absolute atomic E-state index is 0.552. The van der Waals surface area contributed by atoms with E-state index < -0.39 is 0 Å². The molecule has 2 heteroatoms. The fourth-order valence-electron chi connectivity index (χ4n) is 3.97. The number of benzene rings is 4. The molecule has 5 aromatic rings. The van der Waals surface area contributed by atoms with Crippen LogP contribution in [0.3, 0.4) is 0 Å². The summed E-state index contributed by atoms with van der Waals surface area (Å²) in [6.07, 6.45) is 1.04. The van der Waals surface area contributed by atoms with Crippen LogP contribution in [0.25, 0.3) is 27.5 Å². The third-order valence-electron chi connectivity index (χ3n) is 5.49. The SMILES string of the molecule is CCc1ccc(OCc2cccc(-n3c4ccccc4c4ccccc43)c2)cc1. The molecular weight excluding hydrogens is 354 g/mol. The molecule has 0 unspecified atom stereocenters. The van der Waals surface area contributed by atoms with Crippen molar-refractivity contribution in [3.8, 4) is 11.4 Å². The van der Waals surface area contributed by atoms with Gasteiger partial charge in [0.15, 0.2) is 0 Å². The molecule has 5 rings (SSSR count). The summed E-state index contributed by atoms with van der Waals surface area (Å²) < 4.78 is 8.37. The van der Waals surface area contributed by atoms with Crippen molar-refractivity contribution < 1.29 is 4.74 Å². The van der Waals surface area contributed by atoms with Gasteiger partial charge in [-0.25, -0.2) is 0 Å². The van der Waals surface area contributed by atoms with E-state index in [9.17, 15) is 0 Å². The first kappa shape index (κ1) is 17.6. The van der Waals surface area contributed by atoms with Crippen LogP contribution in [0.1, 0.15) is 18.1 Å². The van der Waals surface area contributed by atoms with Gasteiger partial charge in [0.1, 0.15) is 12.4 Å². The monoisotopic (exact) mass is 377 g/mol. The topological polar surface area (TPSA) is 14.2 Å². The van der Waals surface area contributed by atoms with Crippen molar-refractivity contribution in [3.63, 3.8) is 0 Å². The van der Waals surface area contributed by atoms with Crippen LogP contribution in [0.5, 0.6) is 5.75 Å². The maximum Gasteiger partial charge on any atom is 0.119 e. The van der Waals surface area contributed by atoms with Crippen LogP contribution in [0.15, 0.2) is 97.1 Å². The molecule has 2 nitrogen and oxygen atoms in total. The Kier molecular flexibility index (Phi) is 4.53. The number of hydrogen-bond acceptors (Lipinski definition) is 1. The molecule has 0 atom stereocenters. The van der Waals surface area contributed by atoms with Crippen molar-refractivity contribution in [1.29, 1.82) is 0 Å². The third-order valence-corrected chi connectivity index (χ3v) is 5.49. The van der Waals surface area contributed by atoms with E-state index in [1.54, 1.807) is 0 Å². The molecule has 4 aromatic carbocycles. The molecule has 0 aliphatic rings. The quantitative estimate of drug-likeness (QED) is 0.324. The third kappa shape index (κ3) is 3.27. The van der Waals surface area contributed by atoms with Crippen LogP contribution in [0, 0.1) is 0 Å². The molecule has 0 spiro atoms. The van der Waals surface area contributed by atoms with E-state index in [4.69, 9.17) is 4.74 Å². The number of para-hydroxylation sites is 2. The van der Waals surface area contributed by atoms with Gasteiger partial charge in [-0.1, -0.05) is 67.6 Å². The molecule has 0 N–H and O–H groups in total. The van der Waals surface area contributed by atoms with Crippen molar-refractivity contribution in [3.05, 3.63) is 108 Å². The van der Waals surface area contributed by atoms with Gasteiger partial charge < -0.3 is 9.30 Å². The molecule has 1 heterocycles. The van der Waals surface area contributed by atoms with Gasteiger partial charge in [0.2, 0.25) is 0 Å². The Hall–Kier alpha value is -3.52. The standard InChI is InChI=1S/C27H23NO/c1-2-20-14-16-23(17-15-20)29-19-21-8-7-9-22(18-21)28-26-12-5-3-10-24(26)25-11-4-6-13-27(25)28/h3-18H,2,19H2,1H3. The van der Waals surface area contributed by atoms with Gasteiger partial charge in [-0.15, -0.1) is 0 Å². The number of hydrogen-bond donors (Lipinski definition) is 0. The summed E-state index contributed by atoms with van der Waals surface area (Å²) in [6.45, 7) is 2.71. The lowest BCUT2D eigenvalue weighted by Gasteiger charge is -2.11. The van der Waals surface area contributed by atoms with E-state index >= 15 is 0 Å². The van der Waals surface area contributed by atoms with Crippen LogP contribution in [0.4, 0.5) is 0 Å². The summed E-state index contributed by atoms with van der Waals surface area (Å²) in [5, 5.41) is 2.56. The number of fused-ring (bicyclic) bond motifs is 3. The van der Waals surface area contributed by atoms with Gasteiger partial charge in [-0.2, -0.15) is 0 Å². The van der Waals surface area contributed by atoms with E-state index in [-0.39, 0.29) is 0 Å². The Labute approximate surface area is 171 Å². The molecular formula is C27H23NO. The minimum atomic E-state index is 0.552. The average Bonchev–Trinajstić information content (AvgIpc) is 3.13. The van der Waals surface area contributed by atoms with Crippen molar-refractivity contribution in [2.45, 2.75) is 20.0 Å². The van der Waals surface area contributed by atoms with Crippen LogP contribution in [0.2, 0.25) is 0 Å². The fourth-order valence-corrected chi connectivity index (χ4v) is 3.97. The highest BCUT2D eigenvalue weighted by Gasteiger charge is 2.11. The van der Waals surface area contributed by atoms with Gasteiger partial charge in [0.05, 0.1) is 11.0 Å². The minimum Gasteiger partial charge on any atom is -0.489 e. The van der Waals surface area contributed by atoms with Crippen molar-refractivity contribution >= 4 is 21.8 Å². The number of aryl methyl sites for hydroxylation is 1. The van der Waals surface area contributed by atoms with E-state index in [2.05, 4.69) is 109 Å². The summed E-state index contributed by atoms with van der Waals surface area (Å²) in [5.41, 5.74) is 6.09. The molecule has 0 radical (unpaired) electrons. The van der Waals surface area contributed by atoms with E-state index in [1.807, 2.05) is 0 Å². The predicted octanol–water partition coefficient (Wildman–Crippen LogP) is 6.93. The molecule has 29 heavy (non-hydrogen) atoms. The Bertz CT molecular complexity index is 1230. The summed E-state index contributed by atoms with van der Waals surface area (Å²) in [4.78, 5) is 0. The van der Waals surface area contributed by atoms with Crippen LogP contribution >= 0.6 is 0 Å². The average molecular weight is 377 g/mol. The number of rotatable bonds is 5. The zero-order valence-corrected chi connectivity index (χ0v) is 16.5. The fraction of sp³-hybridized carbons (Fsp3) is 0.111. The summed E-state index contributed by atoms with van der Waals surface area (Å²) in [7, 11) is 0. The van der Waals surface area contributed by atoms with Gasteiger partial charge in [-0.05, 0) is 53.9 Å². The normalized spacial score (nSPS) is 11.2. The van der Waals surface area contributed by atoms with Gasteiger partial charge >= 0.3 is 0 Å². The Balaban J connectivity index is 1.51. The lowest BCUT2D eigenvalue weighted by atomic mass is 10.2. The van der Waals surface area contributed by atoms with Gasteiger partial charge in [0.25, 0.3) is 0 Å². The molecule has 0 fully saturated rings. The predicted molar refractivity (Wildman–Crippen MR) is 121 cm³/mol. The summed E-state index contributed by atoms with van der Waals surface area (Å²) >= 11 is 0. The highest BCUT2D eigenvalue weighted by Crippen LogP contribution is 2.31. The number of ether oxygens (including phenoxy) is 1. The Morgan fingerprint density at radius 3 is 1.97 bits per heavy atom. The Morgan fingerprint density at radius 2 is 1.31 bits per heavy atom. The first-order chi connectivity index (χ1) is 14.3. The molecule has 0 saturated carbocycles. The maximum absolute atomic E-state index is 6.03. The van der Waals surface area contributed by atoms with E-state index in [1.165, 1.54) is 27.4 Å². The second-order valence-corrected chi connectivity index (χ2v) is 7.33. The molecule has 142 valence electrons. The largest absolute Gasteiger partial charge is 0.489 e. The number of nitrogens with zero attached hydrogens (tertiary/aromatic N) is 1. The summed E-state index contributed by atoms with van der Waals surface area (Å²) in [6, 6.07) is 34.2. The maximum atomic E-state index is 6.03. The first-order valence-corrected chi connectivity index (χ1v) is 10.1. The van der Waals surface area contributed by atoms with Crippen LogP contribution < -0.4 is 4.74 Å². The second kappa shape index (κ2) is 7.48. The van der Waals surface area contributed by atoms with E-state index in [0.717, 1.165) is 23.4 Å². The highest BCUT2D eigenvalue weighted by atomic mass is 16.5. The van der Waals surface area contributed by atoms with Crippen molar-refractivity contribution in [1.82, 2.24) is 4.57 Å². The van der Waals surface area contributed by atoms with Crippen LogP contribution in [-0.4, -0.2) is 4.57 Å². The molecule has 0 saturated heterocycles. The van der Waals surface area contributed by atoms with Gasteiger partial charge in [-0.3, -0.25) is 0 Å². The smallest absolute Gasteiger partial charge is 0.119 e. The second-order valence-electron chi connectivity index (χ2n) is 7.33. The lowest BCUT2D eigenvalue weighted by Crippen LogP contribution is -1.99. The molecule has 0 amide bonds. The molecule has 0 aliphatic carbocycles. The van der Waals surface area contributed by atoms with Crippen molar-refractivity contribution in [2.75, 3.05) is 0 Å².